The second-order valence-corrected chi connectivity index (χ2v) is 5.17. The van der Waals surface area contributed by atoms with Crippen LogP contribution in [0.15, 0.2) is 0 Å². The lowest BCUT2D eigenvalue weighted by Crippen LogP contribution is -2.46. The van der Waals surface area contributed by atoms with Crippen LogP contribution in [0.2, 0.25) is 0 Å². The normalized spacial score (nSPS) is 20.9. The lowest BCUT2D eigenvalue weighted by Gasteiger charge is -2.30. The van der Waals surface area contributed by atoms with Gasteiger partial charge in [-0.15, -0.1) is 0 Å². The molecule has 1 saturated carbocycles. The maximum atomic E-state index is 12.1. The van der Waals surface area contributed by atoms with Gasteiger partial charge in [0.15, 0.2) is 0 Å². The molecule has 0 aromatic rings. The molecule has 1 saturated heterocycles. The van der Waals surface area contributed by atoms with Gasteiger partial charge < -0.3 is 9.64 Å². The van der Waals surface area contributed by atoms with Crippen molar-refractivity contribution in [3.63, 3.8) is 0 Å². The van der Waals surface area contributed by atoms with Gasteiger partial charge in [-0.1, -0.05) is 6.92 Å². The highest BCUT2D eigenvalue weighted by molar-refractivity contribution is 5.78. The fourth-order valence-corrected chi connectivity index (χ4v) is 2.32. The van der Waals surface area contributed by atoms with Crippen molar-refractivity contribution in [2.24, 2.45) is 5.92 Å². The van der Waals surface area contributed by atoms with Gasteiger partial charge in [0.1, 0.15) is 0 Å². The summed E-state index contributed by atoms with van der Waals surface area (Å²) in [6.45, 7) is 7.87. The number of hydrogen-bond donors (Lipinski definition) is 0. The van der Waals surface area contributed by atoms with E-state index in [2.05, 4.69) is 11.8 Å². The summed E-state index contributed by atoms with van der Waals surface area (Å²) in [5.41, 5.74) is 0. The van der Waals surface area contributed by atoms with Crippen LogP contribution in [0.4, 0.5) is 0 Å². The van der Waals surface area contributed by atoms with E-state index in [1.165, 1.54) is 12.8 Å². The molecule has 1 heterocycles. The van der Waals surface area contributed by atoms with Gasteiger partial charge in [-0.2, -0.15) is 0 Å². The Hall–Kier alpha value is -0.610. The van der Waals surface area contributed by atoms with E-state index in [1.54, 1.807) is 0 Å². The molecule has 2 aliphatic rings. The first-order chi connectivity index (χ1) is 8.29. The summed E-state index contributed by atoms with van der Waals surface area (Å²) in [6, 6.07) is 0. The average molecular weight is 240 g/mol. The van der Waals surface area contributed by atoms with Gasteiger partial charge in [0.2, 0.25) is 5.91 Å². The lowest BCUT2D eigenvalue weighted by atomic mass is 10.3. The Kier molecular flexibility index (Phi) is 4.80. The molecule has 0 aromatic heterocycles. The smallest absolute Gasteiger partial charge is 0.236 e. The Balaban J connectivity index is 1.76. The Labute approximate surface area is 104 Å². The van der Waals surface area contributed by atoms with Crippen LogP contribution in [0, 0.1) is 5.92 Å². The van der Waals surface area contributed by atoms with Crippen LogP contribution < -0.4 is 0 Å². The number of rotatable bonds is 6. The zero-order chi connectivity index (χ0) is 12.1. The van der Waals surface area contributed by atoms with Crippen LogP contribution in [-0.2, 0) is 9.53 Å². The Morgan fingerprint density at radius 3 is 2.65 bits per heavy atom. The highest BCUT2D eigenvalue weighted by atomic mass is 16.5. The minimum Gasteiger partial charge on any atom is -0.378 e. The molecule has 1 aliphatic carbocycles. The van der Waals surface area contributed by atoms with Gasteiger partial charge in [0.25, 0.3) is 0 Å². The van der Waals surface area contributed by atoms with Crippen LogP contribution in [0.5, 0.6) is 0 Å². The molecule has 2 rings (SSSR count). The molecule has 0 radical (unpaired) electrons. The van der Waals surface area contributed by atoms with Crippen molar-refractivity contribution >= 4 is 5.91 Å². The second-order valence-electron chi connectivity index (χ2n) is 5.17. The predicted octanol–water partition coefficient (Wildman–Crippen LogP) is 0.967. The molecule has 17 heavy (non-hydrogen) atoms. The van der Waals surface area contributed by atoms with E-state index >= 15 is 0 Å². The molecule has 0 atom stereocenters. The van der Waals surface area contributed by atoms with Gasteiger partial charge in [-0.3, -0.25) is 9.69 Å². The van der Waals surface area contributed by atoms with E-state index in [1.807, 2.05) is 4.90 Å². The Morgan fingerprint density at radius 2 is 2.06 bits per heavy atom. The van der Waals surface area contributed by atoms with Crippen LogP contribution >= 0.6 is 0 Å². The first-order valence-corrected chi connectivity index (χ1v) is 6.87. The minimum atomic E-state index is 0.280. The molecule has 0 spiro atoms. The van der Waals surface area contributed by atoms with E-state index in [0.29, 0.717) is 19.8 Å². The van der Waals surface area contributed by atoms with Gasteiger partial charge in [-0.05, 0) is 31.7 Å². The molecular formula is C13H24N2O2. The van der Waals surface area contributed by atoms with Gasteiger partial charge in [0, 0.05) is 19.6 Å². The minimum absolute atomic E-state index is 0.280. The monoisotopic (exact) mass is 240 g/mol. The van der Waals surface area contributed by atoms with E-state index in [-0.39, 0.29) is 5.91 Å². The van der Waals surface area contributed by atoms with Gasteiger partial charge >= 0.3 is 0 Å². The van der Waals surface area contributed by atoms with Gasteiger partial charge in [0.05, 0.1) is 19.8 Å². The third-order valence-corrected chi connectivity index (χ3v) is 3.48. The van der Waals surface area contributed by atoms with Crippen LogP contribution in [-0.4, -0.2) is 61.6 Å². The molecule has 2 fully saturated rings. The molecule has 0 unspecified atom stereocenters. The summed E-state index contributed by atoms with van der Waals surface area (Å²) in [5, 5.41) is 0. The fraction of sp³-hybridized carbons (Fsp3) is 0.923. The average Bonchev–Trinajstić information content (AvgIpc) is 3.14. The predicted molar refractivity (Wildman–Crippen MR) is 66.9 cm³/mol. The van der Waals surface area contributed by atoms with Crippen LogP contribution in [0.3, 0.4) is 0 Å². The molecule has 4 nitrogen and oxygen atoms in total. The second kappa shape index (κ2) is 6.36. The molecule has 98 valence electrons. The standard InChI is InChI=1S/C13H24N2O2/c1-2-5-14(10-12-3-4-12)11-13(16)15-6-8-17-9-7-15/h12H,2-11H2,1H3. The van der Waals surface area contributed by atoms with Crippen molar-refractivity contribution in [2.75, 3.05) is 45.9 Å². The van der Waals surface area contributed by atoms with E-state index in [4.69, 9.17) is 4.74 Å². The number of carbonyl (C=O) groups is 1. The number of hydrogen-bond acceptors (Lipinski definition) is 3. The Bertz CT molecular complexity index is 248. The summed E-state index contributed by atoms with van der Waals surface area (Å²) in [7, 11) is 0. The third kappa shape index (κ3) is 4.28. The number of carbonyl (C=O) groups excluding carboxylic acids is 1. The topological polar surface area (TPSA) is 32.8 Å². The van der Waals surface area contributed by atoms with E-state index in [0.717, 1.165) is 38.5 Å². The van der Waals surface area contributed by atoms with Crippen molar-refractivity contribution in [3.05, 3.63) is 0 Å². The number of amides is 1. The van der Waals surface area contributed by atoms with Crippen molar-refractivity contribution in [1.82, 2.24) is 9.80 Å². The number of ether oxygens (including phenoxy) is 1. The van der Waals surface area contributed by atoms with Crippen molar-refractivity contribution in [3.8, 4) is 0 Å². The van der Waals surface area contributed by atoms with Crippen molar-refractivity contribution in [1.29, 1.82) is 0 Å². The Morgan fingerprint density at radius 1 is 1.35 bits per heavy atom. The van der Waals surface area contributed by atoms with Crippen LogP contribution in [0.1, 0.15) is 26.2 Å². The van der Waals surface area contributed by atoms with E-state index < -0.39 is 0 Å². The summed E-state index contributed by atoms with van der Waals surface area (Å²) >= 11 is 0. The van der Waals surface area contributed by atoms with Crippen molar-refractivity contribution < 1.29 is 9.53 Å². The summed E-state index contributed by atoms with van der Waals surface area (Å²) in [6.07, 6.45) is 3.83. The molecule has 4 heteroatoms. The summed E-state index contributed by atoms with van der Waals surface area (Å²) < 4.78 is 5.27. The summed E-state index contributed by atoms with van der Waals surface area (Å²) in [4.78, 5) is 16.4. The highest BCUT2D eigenvalue weighted by Crippen LogP contribution is 2.29. The van der Waals surface area contributed by atoms with Crippen molar-refractivity contribution in [2.45, 2.75) is 26.2 Å². The molecule has 0 aromatic carbocycles. The fourth-order valence-electron chi connectivity index (χ4n) is 2.32. The number of morpholine rings is 1. The SMILES string of the molecule is CCCN(CC(=O)N1CCOCC1)CC1CC1. The molecule has 0 N–H and O–H groups in total. The molecule has 1 aliphatic heterocycles. The number of nitrogens with zero attached hydrogens (tertiary/aromatic N) is 2. The largest absolute Gasteiger partial charge is 0.378 e. The maximum absolute atomic E-state index is 12.1. The molecule has 0 bridgehead atoms. The lowest BCUT2D eigenvalue weighted by molar-refractivity contribution is -0.136. The first-order valence-electron chi connectivity index (χ1n) is 6.87. The van der Waals surface area contributed by atoms with Crippen LogP contribution in [0.25, 0.3) is 0 Å². The summed E-state index contributed by atoms with van der Waals surface area (Å²) in [5.74, 6) is 1.14. The molecule has 1 amide bonds. The third-order valence-electron chi connectivity index (χ3n) is 3.48. The first kappa shape index (κ1) is 12.8. The maximum Gasteiger partial charge on any atom is 0.236 e. The zero-order valence-electron chi connectivity index (χ0n) is 10.9. The highest BCUT2D eigenvalue weighted by Gasteiger charge is 2.26. The van der Waals surface area contributed by atoms with Gasteiger partial charge in [-0.25, -0.2) is 0 Å². The quantitative estimate of drug-likeness (QED) is 0.693. The zero-order valence-corrected chi connectivity index (χ0v) is 10.9. The van der Waals surface area contributed by atoms with E-state index in [9.17, 15) is 4.79 Å². The molecular weight excluding hydrogens is 216 g/mol.